The molecule has 21 heavy (non-hydrogen) atoms. The van der Waals surface area contributed by atoms with Crippen LogP contribution in [0.15, 0.2) is 18.2 Å². The van der Waals surface area contributed by atoms with Gasteiger partial charge in [-0.1, -0.05) is 0 Å². The van der Waals surface area contributed by atoms with Gasteiger partial charge >= 0.3 is 5.97 Å². The molecule has 0 spiro atoms. The number of ether oxygens (including phenoxy) is 2. The van der Waals surface area contributed by atoms with Gasteiger partial charge in [0.05, 0.1) is 18.1 Å². The van der Waals surface area contributed by atoms with Gasteiger partial charge in [-0.25, -0.2) is 9.18 Å². The van der Waals surface area contributed by atoms with E-state index in [4.69, 9.17) is 4.74 Å². The highest BCUT2D eigenvalue weighted by molar-refractivity contribution is 5.83. The van der Waals surface area contributed by atoms with E-state index in [0.717, 1.165) is 19.2 Å². The summed E-state index contributed by atoms with van der Waals surface area (Å²) in [5, 5.41) is 12.8. The molecule has 8 nitrogen and oxygen atoms in total. The topological polar surface area (TPSA) is 108 Å². The number of carbonyl (C=O) groups is 2. The Balaban J connectivity index is 2.78. The number of hydrogen-bond donors (Lipinski definition) is 1. The van der Waals surface area contributed by atoms with E-state index in [9.17, 15) is 24.1 Å². The molecule has 0 heterocycles. The van der Waals surface area contributed by atoms with Crippen LogP contribution in [-0.2, 0) is 14.3 Å². The number of rotatable bonds is 6. The van der Waals surface area contributed by atoms with Crippen molar-refractivity contribution >= 4 is 17.6 Å². The lowest BCUT2D eigenvalue weighted by molar-refractivity contribution is -0.385. The molecule has 0 aliphatic heterocycles. The lowest BCUT2D eigenvalue weighted by Gasteiger charge is -2.16. The number of nitro benzene ring substituents is 1. The average molecular weight is 300 g/mol. The van der Waals surface area contributed by atoms with Crippen molar-refractivity contribution in [2.24, 2.45) is 0 Å². The van der Waals surface area contributed by atoms with Crippen molar-refractivity contribution in [3.63, 3.8) is 0 Å². The van der Waals surface area contributed by atoms with Gasteiger partial charge in [-0.15, -0.1) is 0 Å². The number of halogens is 1. The third kappa shape index (κ3) is 4.71. The summed E-state index contributed by atoms with van der Waals surface area (Å²) in [4.78, 5) is 32.1. The number of hydrogen-bond acceptors (Lipinski definition) is 6. The van der Waals surface area contributed by atoms with Crippen molar-refractivity contribution < 1.29 is 28.4 Å². The summed E-state index contributed by atoms with van der Waals surface area (Å²) in [6, 6.07) is 1.71. The second-order valence-corrected chi connectivity index (χ2v) is 3.96. The molecule has 0 saturated carbocycles. The van der Waals surface area contributed by atoms with Gasteiger partial charge in [0.1, 0.15) is 6.61 Å². The van der Waals surface area contributed by atoms with Crippen LogP contribution in [-0.4, -0.2) is 36.6 Å². The Morgan fingerprint density at radius 2 is 2.14 bits per heavy atom. The molecule has 1 unspecified atom stereocenters. The van der Waals surface area contributed by atoms with Gasteiger partial charge in [-0.3, -0.25) is 14.9 Å². The van der Waals surface area contributed by atoms with Crippen molar-refractivity contribution in [2.45, 2.75) is 13.0 Å². The Morgan fingerprint density at radius 1 is 1.48 bits per heavy atom. The monoisotopic (exact) mass is 300 g/mol. The molecule has 1 aromatic carbocycles. The Bertz CT molecular complexity index is 563. The predicted molar refractivity (Wildman–Crippen MR) is 68.2 cm³/mol. The molecule has 0 radical (unpaired) electrons. The minimum absolute atomic E-state index is 0.278. The summed E-state index contributed by atoms with van der Waals surface area (Å²) in [6.45, 7) is 0.823. The SMILES string of the molecule is COC(=O)C(COc1ccc([N+](=O)[O-])cc1F)NC(C)=O. The van der Waals surface area contributed by atoms with E-state index >= 15 is 0 Å². The van der Waals surface area contributed by atoms with Gasteiger partial charge in [0.15, 0.2) is 17.6 Å². The molecule has 1 N–H and O–H groups in total. The lowest BCUT2D eigenvalue weighted by Crippen LogP contribution is -2.44. The first-order chi connectivity index (χ1) is 9.85. The van der Waals surface area contributed by atoms with Gasteiger partial charge < -0.3 is 14.8 Å². The van der Waals surface area contributed by atoms with E-state index < -0.39 is 34.3 Å². The number of benzene rings is 1. The summed E-state index contributed by atoms with van der Waals surface area (Å²) >= 11 is 0. The number of non-ortho nitro benzene ring substituents is 1. The molecule has 1 atom stereocenters. The molecular weight excluding hydrogens is 287 g/mol. The number of methoxy groups -OCH3 is 1. The van der Waals surface area contributed by atoms with Crippen molar-refractivity contribution in [1.29, 1.82) is 0 Å². The Morgan fingerprint density at radius 3 is 2.62 bits per heavy atom. The first kappa shape index (κ1) is 16.3. The molecule has 0 aliphatic rings. The van der Waals surface area contributed by atoms with Crippen LogP contribution in [0.2, 0.25) is 0 Å². The quantitative estimate of drug-likeness (QED) is 0.473. The van der Waals surface area contributed by atoms with E-state index in [-0.39, 0.29) is 12.4 Å². The van der Waals surface area contributed by atoms with E-state index in [0.29, 0.717) is 6.07 Å². The maximum Gasteiger partial charge on any atom is 0.331 e. The molecule has 0 aliphatic carbocycles. The molecule has 0 bridgehead atoms. The highest BCUT2D eigenvalue weighted by Gasteiger charge is 2.22. The normalized spacial score (nSPS) is 11.4. The van der Waals surface area contributed by atoms with Crippen LogP contribution >= 0.6 is 0 Å². The van der Waals surface area contributed by atoms with Crippen LogP contribution in [0.5, 0.6) is 5.75 Å². The lowest BCUT2D eigenvalue weighted by atomic mass is 10.3. The van der Waals surface area contributed by atoms with Crippen LogP contribution in [0.4, 0.5) is 10.1 Å². The zero-order valence-electron chi connectivity index (χ0n) is 11.3. The highest BCUT2D eigenvalue weighted by atomic mass is 19.1. The molecule has 9 heteroatoms. The molecule has 0 aromatic heterocycles. The Labute approximate surface area is 119 Å². The fourth-order valence-electron chi connectivity index (χ4n) is 1.45. The average Bonchev–Trinajstić information content (AvgIpc) is 2.42. The molecule has 0 saturated heterocycles. The maximum atomic E-state index is 13.6. The largest absolute Gasteiger partial charge is 0.488 e. The van der Waals surface area contributed by atoms with Crippen LogP contribution in [0.1, 0.15) is 6.92 Å². The van der Waals surface area contributed by atoms with E-state index in [1.807, 2.05) is 0 Å². The first-order valence-corrected chi connectivity index (χ1v) is 5.76. The van der Waals surface area contributed by atoms with Crippen LogP contribution in [0, 0.1) is 15.9 Å². The molecule has 114 valence electrons. The second-order valence-electron chi connectivity index (χ2n) is 3.96. The zero-order chi connectivity index (χ0) is 16.0. The standard InChI is InChI=1S/C12H13FN2O6/c1-7(16)14-10(12(17)20-2)6-21-11-4-3-8(15(18)19)5-9(11)13/h3-5,10H,6H2,1-2H3,(H,14,16). The van der Waals surface area contributed by atoms with Crippen molar-refractivity contribution in [3.8, 4) is 5.75 Å². The summed E-state index contributed by atoms with van der Waals surface area (Å²) in [7, 11) is 1.13. The Kier molecular flexibility index (Phi) is 5.58. The van der Waals surface area contributed by atoms with Gasteiger partial charge in [-0.05, 0) is 6.07 Å². The van der Waals surface area contributed by atoms with Crippen LogP contribution in [0.25, 0.3) is 0 Å². The number of amides is 1. The minimum atomic E-state index is -1.11. The zero-order valence-corrected chi connectivity index (χ0v) is 11.3. The molecule has 0 fully saturated rings. The van der Waals surface area contributed by atoms with E-state index in [1.54, 1.807) is 0 Å². The molecule has 1 rings (SSSR count). The summed E-state index contributed by atoms with van der Waals surface area (Å²) in [5.74, 6) is -2.47. The number of nitrogens with one attached hydrogen (secondary N) is 1. The van der Waals surface area contributed by atoms with Crippen LogP contribution in [0.3, 0.4) is 0 Å². The fourth-order valence-corrected chi connectivity index (χ4v) is 1.45. The van der Waals surface area contributed by atoms with Crippen molar-refractivity contribution in [1.82, 2.24) is 5.32 Å². The van der Waals surface area contributed by atoms with E-state index in [2.05, 4.69) is 10.1 Å². The third-order valence-corrected chi connectivity index (χ3v) is 2.39. The summed E-state index contributed by atoms with van der Waals surface area (Å²) in [5.41, 5.74) is -0.425. The number of nitro groups is 1. The van der Waals surface area contributed by atoms with Gasteiger partial charge in [0.25, 0.3) is 5.69 Å². The van der Waals surface area contributed by atoms with Crippen molar-refractivity contribution in [3.05, 3.63) is 34.1 Å². The molecular formula is C12H13FN2O6. The molecule has 1 aromatic rings. The number of esters is 1. The third-order valence-electron chi connectivity index (χ3n) is 2.39. The number of carbonyl (C=O) groups excluding carboxylic acids is 2. The van der Waals surface area contributed by atoms with E-state index in [1.165, 1.54) is 6.92 Å². The molecule has 1 amide bonds. The van der Waals surface area contributed by atoms with Crippen LogP contribution < -0.4 is 10.1 Å². The number of nitrogens with zero attached hydrogens (tertiary/aromatic N) is 1. The highest BCUT2D eigenvalue weighted by Crippen LogP contribution is 2.22. The maximum absolute atomic E-state index is 13.6. The smallest absolute Gasteiger partial charge is 0.331 e. The summed E-state index contributed by atoms with van der Waals surface area (Å²) < 4.78 is 23.1. The second kappa shape index (κ2) is 7.17. The fraction of sp³-hybridized carbons (Fsp3) is 0.333. The Hall–Kier alpha value is -2.71. The first-order valence-electron chi connectivity index (χ1n) is 5.76. The summed E-state index contributed by atoms with van der Waals surface area (Å²) in [6.07, 6.45) is 0. The predicted octanol–water partition coefficient (Wildman–Crippen LogP) is 0.790. The van der Waals surface area contributed by atoms with Gasteiger partial charge in [0.2, 0.25) is 5.91 Å². The minimum Gasteiger partial charge on any atom is -0.488 e. The van der Waals surface area contributed by atoms with Crippen molar-refractivity contribution in [2.75, 3.05) is 13.7 Å². The van der Waals surface area contributed by atoms with Gasteiger partial charge in [-0.2, -0.15) is 0 Å². The van der Waals surface area contributed by atoms with Gasteiger partial charge in [0, 0.05) is 13.0 Å².